The molecule has 1 heterocycles. The Morgan fingerprint density at radius 1 is 1.17 bits per heavy atom. The van der Waals surface area contributed by atoms with E-state index < -0.39 is 5.97 Å². The first-order valence-electron chi connectivity index (χ1n) is 9.12. The molecule has 0 unspecified atom stereocenters. The van der Waals surface area contributed by atoms with E-state index in [1.54, 1.807) is 32.2 Å². The molecule has 0 saturated heterocycles. The van der Waals surface area contributed by atoms with Crippen LogP contribution >= 0.6 is 0 Å². The largest absolute Gasteiger partial charge is 0.493 e. The lowest BCUT2D eigenvalue weighted by Crippen LogP contribution is -2.08. The molecule has 0 amide bonds. The fourth-order valence-electron chi connectivity index (χ4n) is 2.95. The van der Waals surface area contributed by atoms with Gasteiger partial charge in [0.15, 0.2) is 11.5 Å². The van der Waals surface area contributed by atoms with Crippen LogP contribution in [-0.2, 0) is 17.8 Å². The van der Waals surface area contributed by atoms with E-state index in [4.69, 9.17) is 18.6 Å². The number of hydrogen-bond donors (Lipinski definition) is 0. The number of esters is 1. The van der Waals surface area contributed by atoms with E-state index in [1.807, 2.05) is 30.3 Å². The summed E-state index contributed by atoms with van der Waals surface area (Å²) in [7, 11) is 3.08. The number of oxazole rings is 1. The van der Waals surface area contributed by atoms with Crippen molar-refractivity contribution in [3.63, 3.8) is 0 Å². The molecule has 2 aromatic carbocycles. The summed E-state index contributed by atoms with van der Waals surface area (Å²) in [6, 6.07) is 12.9. The molecule has 0 saturated carbocycles. The van der Waals surface area contributed by atoms with Crippen molar-refractivity contribution in [1.82, 2.24) is 4.98 Å². The van der Waals surface area contributed by atoms with Crippen LogP contribution in [0.3, 0.4) is 0 Å². The lowest BCUT2D eigenvalue weighted by Gasteiger charge is -2.14. The average molecular weight is 393 g/mol. The summed E-state index contributed by atoms with van der Waals surface area (Å²) in [5.41, 5.74) is 2.59. The molecule has 0 aliphatic heterocycles. The smallest absolute Gasteiger partial charge is 0.338 e. The Balaban J connectivity index is 1.78. The molecule has 6 nitrogen and oxygen atoms in total. The van der Waals surface area contributed by atoms with E-state index in [-0.39, 0.29) is 6.61 Å². The van der Waals surface area contributed by atoms with Crippen LogP contribution in [0.4, 0.5) is 0 Å². The van der Waals surface area contributed by atoms with Crippen molar-refractivity contribution in [3.8, 4) is 23.0 Å². The maximum absolute atomic E-state index is 12.6. The van der Waals surface area contributed by atoms with Gasteiger partial charge in [-0.2, -0.15) is 0 Å². The van der Waals surface area contributed by atoms with E-state index in [9.17, 15) is 4.79 Å². The minimum absolute atomic E-state index is 0.00609. The highest BCUT2D eigenvalue weighted by atomic mass is 16.5. The van der Waals surface area contributed by atoms with Gasteiger partial charge in [-0.05, 0) is 37.6 Å². The normalized spacial score (nSPS) is 10.4. The van der Waals surface area contributed by atoms with Crippen molar-refractivity contribution in [1.29, 1.82) is 0 Å². The molecule has 0 aliphatic carbocycles. The molecule has 3 aromatic rings. The number of ether oxygens (including phenoxy) is 3. The number of benzene rings is 2. The predicted molar refractivity (Wildman–Crippen MR) is 109 cm³/mol. The van der Waals surface area contributed by atoms with Gasteiger partial charge in [-0.15, -0.1) is 6.58 Å². The van der Waals surface area contributed by atoms with Gasteiger partial charge in [-0.25, -0.2) is 9.78 Å². The van der Waals surface area contributed by atoms with Gasteiger partial charge in [-0.1, -0.05) is 24.3 Å². The Hall–Kier alpha value is -3.54. The van der Waals surface area contributed by atoms with Gasteiger partial charge in [0.25, 0.3) is 0 Å². The monoisotopic (exact) mass is 393 g/mol. The SMILES string of the molecule is C=CCc1cc(C(=O)OCc2nc(-c3ccccc3)oc2C)cc(OC)c1OC. The van der Waals surface area contributed by atoms with E-state index in [0.717, 1.165) is 11.1 Å². The zero-order chi connectivity index (χ0) is 20.8. The molecule has 1 aromatic heterocycles. The Labute approximate surface area is 169 Å². The molecule has 0 spiro atoms. The van der Waals surface area contributed by atoms with Gasteiger partial charge >= 0.3 is 5.97 Å². The maximum atomic E-state index is 12.6. The van der Waals surface area contributed by atoms with E-state index in [2.05, 4.69) is 11.6 Å². The Morgan fingerprint density at radius 3 is 2.59 bits per heavy atom. The highest BCUT2D eigenvalue weighted by Gasteiger charge is 2.18. The van der Waals surface area contributed by atoms with Gasteiger partial charge in [0.2, 0.25) is 5.89 Å². The summed E-state index contributed by atoms with van der Waals surface area (Å²) in [4.78, 5) is 17.1. The number of rotatable bonds is 8. The van der Waals surface area contributed by atoms with Crippen molar-refractivity contribution in [2.24, 2.45) is 0 Å². The fourth-order valence-corrected chi connectivity index (χ4v) is 2.95. The quantitative estimate of drug-likeness (QED) is 0.406. The van der Waals surface area contributed by atoms with E-state index in [1.165, 1.54) is 7.11 Å². The second kappa shape index (κ2) is 9.10. The summed E-state index contributed by atoms with van der Waals surface area (Å²) < 4.78 is 21.9. The first-order chi connectivity index (χ1) is 14.1. The van der Waals surface area contributed by atoms with E-state index >= 15 is 0 Å². The van der Waals surface area contributed by atoms with Crippen LogP contribution in [0, 0.1) is 6.92 Å². The number of hydrogen-bond acceptors (Lipinski definition) is 6. The van der Waals surface area contributed by atoms with Crippen molar-refractivity contribution in [2.45, 2.75) is 20.0 Å². The number of carbonyl (C=O) groups excluding carboxylic acids is 1. The number of nitrogens with zero attached hydrogens (tertiary/aromatic N) is 1. The summed E-state index contributed by atoms with van der Waals surface area (Å²) in [5, 5.41) is 0. The molecule has 0 atom stereocenters. The number of methoxy groups -OCH3 is 2. The third kappa shape index (κ3) is 4.48. The van der Waals surface area contributed by atoms with Crippen LogP contribution in [-0.4, -0.2) is 25.2 Å². The Kier molecular flexibility index (Phi) is 6.34. The molecule has 0 N–H and O–H groups in total. The van der Waals surface area contributed by atoms with Crippen molar-refractivity contribution < 1.29 is 23.4 Å². The molecule has 0 bridgehead atoms. The third-order valence-electron chi connectivity index (χ3n) is 4.41. The highest BCUT2D eigenvalue weighted by Crippen LogP contribution is 2.33. The molecule has 0 radical (unpaired) electrons. The molecule has 0 aliphatic rings. The summed E-state index contributed by atoms with van der Waals surface area (Å²) in [6.45, 7) is 5.54. The van der Waals surface area contributed by atoms with Gasteiger partial charge in [-0.3, -0.25) is 0 Å². The molecule has 29 heavy (non-hydrogen) atoms. The van der Waals surface area contributed by atoms with Crippen LogP contribution in [0.1, 0.15) is 27.4 Å². The van der Waals surface area contributed by atoms with Gasteiger partial charge < -0.3 is 18.6 Å². The maximum Gasteiger partial charge on any atom is 0.338 e. The minimum Gasteiger partial charge on any atom is -0.493 e. The topological polar surface area (TPSA) is 70.8 Å². The van der Waals surface area contributed by atoms with Crippen LogP contribution in [0.15, 0.2) is 59.5 Å². The van der Waals surface area contributed by atoms with Gasteiger partial charge in [0.1, 0.15) is 18.1 Å². The fraction of sp³-hybridized carbons (Fsp3) is 0.217. The zero-order valence-corrected chi connectivity index (χ0v) is 16.7. The van der Waals surface area contributed by atoms with Crippen LogP contribution in [0.5, 0.6) is 11.5 Å². The van der Waals surface area contributed by atoms with Crippen LogP contribution < -0.4 is 9.47 Å². The molecule has 0 fully saturated rings. The summed E-state index contributed by atoms with van der Waals surface area (Å²) in [6.07, 6.45) is 2.26. The van der Waals surface area contributed by atoms with Crippen LogP contribution in [0.25, 0.3) is 11.5 Å². The van der Waals surface area contributed by atoms with Crippen molar-refractivity contribution in [2.75, 3.05) is 14.2 Å². The summed E-state index contributed by atoms with van der Waals surface area (Å²) >= 11 is 0. The van der Waals surface area contributed by atoms with Gasteiger partial charge in [0.05, 0.1) is 19.8 Å². The second-order valence-corrected chi connectivity index (χ2v) is 6.33. The molecule has 150 valence electrons. The van der Waals surface area contributed by atoms with Crippen molar-refractivity contribution >= 4 is 5.97 Å². The number of allylic oxidation sites excluding steroid dienone is 1. The van der Waals surface area contributed by atoms with Crippen molar-refractivity contribution in [3.05, 3.63) is 77.7 Å². The Morgan fingerprint density at radius 2 is 1.93 bits per heavy atom. The highest BCUT2D eigenvalue weighted by molar-refractivity contribution is 5.90. The number of aromatic nitrogens is 1. The first-order valence-corrected chi connectivity index (χ1v) is 9.12. The molecular formula is C23H23NO5. The number of aryl methyl sites for hydroxylation is 1. The molecule has 3 rings (SSSR count). The number of carbonyl (C=O) groups is 1. The van der Waals surface area contributed by atoms with E-state index in [0.29, 0.717) is 40.8 Å². The zero-order valence-electron chi connectivity index (χ0n) is 16.7. The third-order valence-corrected chi connectivity index (χ3v) is 4.41. The minimum atomic E-state index is -0.486. The summed E-state index contributed by atoms with van der Waals surface area (Å²) in [5.74, 6) is 1.65. The second-order valence-electron chi connectivity index (χ2n) is 6.33. The Bertz CT molecular complexity index is 1010. The van der Waals surface area contributed by atoms with Crippen LogP contribution in [0.2, 0.25) is 0 Å². The molecular weight excluding hydrogens is 370 g/mol. The standard InChI is InChI=1S/C23H23NO5/c1-5-9-17-12-18(13-20(26-3)21(17)27-4)23(25)28-14-19-15(2)29-22(24-19)16-10-7-6-8-11-16/h5-8,10-13H,1,9,14H2,2-4H3. The lowest BCUT2D eigenvalue weighted by atomic mass is 10.1. The lowest BCUT2D eigenvalue weighted by molar-refractivity contribution is 0.0466. The first kappa shape index (κ1) is 20.2. The molecule has 6 heteroatoms. The average Bonchev–Trinajstić information content (AvgIpc) is 3.12. The predicted octanol–water partition coefficient (Wildman–Crippen LogP) is 4.75. The van der Waals surface area contributed by atoms with Gasteiger partial charge in [0, 0.05) is 11.1 Å².